The van der Waals surface area contributed by atoms with Gasteiger partial charge in [0.2, 0.25) is 5.91 Å². The van der Waals surface area contributed by atoms with Gasteiger partial charge in [-0.3, -0.25) is 9.59 Å². The van der Waals surface area contributed by atoms with Crippen LogP contribution in [0.15, 0.2) is 24.3 Å². The maximum Gasteiger partial charge on any atom is 0.329 e. The van der Waals surface area contributed by atoms with Crippen molar-refractivity contribution in [3.8, 4) is 0 Å². The van der Waals surface area contributed by atoms with E-state index in [-0.39, 0.29) is 6.61 Å². The van der Waals surface area contributed by atoms with Gasteiger partial charge in [-0.2, -0.15) is 11.8 Å². The third kappa shape index (κ3) is 4.06. The monoisotopic (exact) mass is 472 g/mol. The van der Waals surface area contributed by atoms with Crippen molar-refractivity contribution in [1.82, 2.24) is 5.32 Å². The molecule has 0 saturated heterocycles. The zero-order valence-corrected chi connectivity index (χ0v) is 18.7. The number of nitrogens with one attached hydrogen (secondary N) is 1. The number of para-hydroxylation sites is 1. The number of fused-ring (bicyclic) bond motifs is 1. The smallest absolute Gasteiger partial charge is 0.329 e. The molecule has 2 amide bonds. The SMILES string of the molecule is CCOC(=O)[C@H](CSC)NC(=O)[C@H](Br)[C@@H](C)[C@]1(O)C(=O)N(C)c2ccccc21. The van der Waals surface area contributed by atoms with Gasteiger partial charge in [0, 0.05) is 24.3 Å². The number of thioether (sulfide) groups is 1. The zero-order chi connectivity index (χ0) is 21.1. The summed E-state index contributed by atoms with van der Waals surface area (Å²) < 4.78 is 5.00. The van der Waals surface area contributed by atoms with Crippen LogP contribution < -0.4 is 10.2 Å². The number of likely N-dealkylation sites (N-methyl/N-ethyl adjacent to an activating group) is 1. The van der Waals surface area contributed by atoms with Crippen molar-refractivity contribution >= 4 is 51.2 Å². The number of hydrogen-bond donors (Lipinski definition) is 2. The average molecular weight is 473 g/mol. The van der Waals surface area contributed by atoms with Gasteiger partial charge >= 0.3 is 5.97 Å². The van der Waals surface area contributed by atoms with Gasteiger partial charge in [-0.25, -0.2) is 4.79 Å². The van der Waals surface area contributed by atoms with Gasteiger partial charge in [0.25, 0.3) is 5.91 Å². The van der Waals surface area contributed by atoms with E-state index < -0.39 is 40.2 Å². The molecule has 4 atom stereocenters. The number of carbonyl (C=O) groups excluding carboxylic acids is 3. The van der Waals surface area contributed by atoms with Crippen LogP contribution in [-0.4, -0.2) is 59.4 Å². The second-order valence-corrected chi connectivity index (χ2v) is 8.50. The number of amides is 2. The molecule has 1 aliphatic heterocycles. The number of aliphatic hydroxyl groups is 1. The quantitative estimate of drug-likeness (QED) is 0.441. The summed E-state index contributed by atoms with van der Waals surface area (Å²) >= 11 is 4.72. The Labute approximate surface area is 177 Å². The number of ether oxygens (including phenoxy) is 1. The van der Waals surface area contributed by atoms with Crippen LogP contribution >= 0.6 is 27.7 Å². The molecule has 1 aromatic rings. The van der Waals surface area contributed by atoms with Gasteiger partial charge in [-0.15, -0.1) is 0 Å². The molecule has 2 rings (SSSR count). The molecular formula is C19H25BrN2O5S. The Kier molecular flexibility index (Phi) is 7.52. The van der Waals surface area contributed by atoms with Crippen molar-refractivity contribution in [2.24, 2.45) is 5.92 Å². The highest BCUT2D eigenvalue weighted by molar-refractivity contribution is 9.10. The van der Waals surface area contributed by atoms with E-state index in [1.165, 1.54) is 16.7 Å². The first-order chi connectivity index (χ1) is 13.2. The minimum Gasteiger partial charge on any atom is -0.464 e. The van der Waals surface area contributed by atoms with Crippen LogP contribution in [0.5, 0.6) is 0 Å². The summed E-state index contributed by atoms with van der Waals surface area (Å²) in [6, 6.07) is 6.14. The van der Waals surface area contributed by atoms with Crippen LogP contribution in [0.2, 0.25) is 0 Å². The summed E-state index contributed by atoms with van der Waals surface area (Å²) in [6.07, 6.45) is 1.82. The molecule has 28 heavy (non-hydrogen) atoms. The molecule has 0 unspecified atom stereocenters. The molecular weight excluding hydrogens is 448 g/mol. The lowest BCUT2D eigenvalue weighted by Gasteiger charge is -2.32. The molecule has 0 aromatic heterocycles. The predicted octanol–water partition coefficient (Wildman–Crippen LogP) is 1.66. The Morgan fingerprint density at radius 1 is 1.39 bits per heavy atom. The predicted molar refractivity (Wildman–Crippen MR) is 113 cm³/mol. The van der Waals surface area contributed by atoms with Crippen molar-refractivity contribution in [2.45, 2.75) is 30.3 Å². The fourth-order valence-corrected chi connectivity index (χ4v) is 4.34. The Morgan fingerprint density at radius 3 is 2.64 bits per heavy atom. The lowest BCUT2D eigenvalue weighted by atomic mass is 9.81. The van der Waals surface area contributed by atoms with E-state index >= 15 is 0 Å². The minimum absolute atomic E-state index is 0.213. The van der Waals surface area contributed by atoms with Crippen LogP contribution in [0.3, 0.4) is 0 Å². The lowest BCUT2D eigenvalue weighted by molar-refractivity contribution is -0.148. The minimum atomic E-state index is -1.85. The van der Waals surface area contributed by atoms with Gasteiger partial charge < -0.3 is 20.1 Å². The number of rotatable bonds is 8. The van der Waals surface area contributed by atoms with Crippen molar-refractivity contribution in [3.63, 3.8) is 0 Å². The van der Waals surface area contributed by atoms with E-state index in [9.17, 15) is 19.5 Å². The number of benzene rings is 1. The Hall–Kier alpha value is -1.58. The summed E-state index contributed by atoms with van der Waals surface area (Å²) in [7, 11) is 1.59. The number of hydrogen-bond acceptors (Lipinski definition) is 6. The van der Waals surface area contributed by atoms with E-state index in [2.05, 4.69) is 21.2 Å². The van der Waals surface area contributed by atoms with E-state index in [1.807, 2.05) is 6.26 Å². The number of halogens is 1. The second-order valence-electron chi connectivity index (χ2n) is 6.61. The van der Waals surface area contributed by atoms with Crippen LogP contribution in [0.25, 0.3) is 0 Å². The third-order valence-corrected chi connectivity index (χ3v) is 6.75. The molecule has 0 saturated carbocycles. The Bertz CT molecular complexity index is 762. The van der Waals surface area contributed by atoms with Gasteiger partial charge in [-0.1, -0.05) is 41.1 Å². The fraction of sp³-hybridized carbons (Fsp3) is 0.526. The molecule has 0 aliphatic carbocycles. The lowest BCUT2D eigenvalue weighted by Crippen LogP contribution is -2.53. The molecule has 154 valence electrons. The van der Waals surface area contributed by atoms with Crippen molar-refractivity contribution in [3.05, 3.63) is 29.8 Å². The molecule has 7 nitrogen and oxygen atoms in total. The molecule has 9 heteroatoms. The summed E-state index contributed by atoms with van der Waals surface area (Å²) in [4.78, 5) is 38.1. The number of esters is 1. The molecule has 1 heterocycles. The third-order valence-electron chi connectivity index (χ3n) is 4.88. The Balaban J connectivity index is 2.23. The fourth-order valence-electron chi connectivity index (χ4n) is 3.28. The van der Waals surface area contributed by atoms with Crippen molar-refractivity contribution < 1.29 is 24.2 Å². The summed E-state index contributed by atoms with van der Waals surface area (Å²) in [5.41, 5.74) is -0.789. The average Bonchev–Trinajstić information content (AvgIpc) is 2.89. The molecule has 0 radical (unpaired) electrons. The number of carbonyl (C=O) groups is 3. The van der Waals surface area contributed by atoms with Gasteiger partial charge in [0.15, 0.2) is 5.60 Å². The normalized spacial score (nSPS) is 21.6. The van der Waals surface area contributed by atoms with Crippen LogP contribution in [0.4, 0.5) is 5.69 Å². The largest absolute Gasteiger partial charge is 0.464 e. The molecule has 0 bridgehead atoms. The summed E-state index contributed by atoms with van der Waals surface area (Å²) in [5.74, 6) is -1.94. The van der Waals surface area contributed by atoms with E-state index in [0.717, 1.165) is 0 Å². The van der Waals surface area contributed by atoms with Crippen molar-refractivity contribution in [2.75, 3.05) is 30.6 Å². The van der Waals surface area contributed by atoms with Crippen LogP contribution in [0, 0.1) is 5.92 Å². The Morgan fingerprint density at radius 2 is 2.04 bits per heavy atom. The van der Waals surface area contributed by atoms with Gasteiger partial charge in [0.1, 0.15) is 6.04 Å². The first-order valence-electron chi connectivity index (χ1n) is 8.90. The summed E-state index contributed by atoms with van der Waals surface area (Å²) in [5, 5.41) is 14.0. The molecule has 1 aromatic carbocycles. The number of anilines is 1. The van der Waals surface area contributed by atoms with E-state index in [1.54, 1.807) is 45.2 Å². The highest BCUT2D eigenvalue weighted by Crippen LogP contribution is 2.45. The molecule has 0 spiro atoms. The maximum atomic E-state index is 12.8. The standard InChI is InChI=1S/C19H25BrN2O5S/c1-5-27-17(24)13(10-28-4)21-16(23)15(20)11(2)19(26)12-8-6-7-9-14(12)22(3)18(19)25/h6-9,11,13,15,26H,5,10H2,1-4H3,(H,21,23)/t11-,13+,15-,19-/m1/s1. The highest BCUT2D eigenvalue weighted by Gasteiger charge is 2.54. The maximum absolute atomic E-state index is 12.8. The zero-order valence-electron chi connectivity index (χ0n) is 16.3. The molecule has 1 aliphatic rings. The van der Waals surface area contributed by atoms with Gasteiger partial charge in [-0.05, 0) is 19.2 Å². The van der Waals surface area contributed by atoms with Gasteiger partial charge in [0.05, 0.1) is 17.1 Å². The first-order valence-corrected chi connectivity index (χ1v) is 11.2. The number of alkyl halides is 1. The van der Waals surface area contributed by atoms with Crippen molar-refractivity contribution in [1.29, 1.82) is 0 Å². The molecule has 0 fully saturated rings. The molecule has 2 N–H and O–H groups in total. The van der Waals surface area contributed by atoms with Crippen LogP contribution in [-0.2, 0) is 24.7 Å². The summed E-state index contributed by atoms with van der Waals surface area (Å²) in [6.45, 7) is 3.53. The number of nitrogens with zero attached hydrogens (tertiary/aromatic N) is 1. The second kappa shape index (κ2) is 9.28. The van der Waals surface area contributed by atoms with E-state index in [0.29, 0.717) is 17.0 Å². The van der Waals surface area contributed by atoms with Crippen LogP contribution in [0.1, 0.15) is 19.4 Å². The highest BCUT2D eigenvalue weighted by atomic mass is 79.9. The topological polar surface area (TPSA) is 95.9 Å². The van der Waals surface area contributed by atoms with E-state index in [4.69, 9.17) is 4.74 Å². The first kappa shape index (κ1) is 22.7.